The molecule has 1 aromatic carbocycles. The Labute approximate surface area is 211 Å². The summed E-state index contributed by atoms with van der Waals surface area (Å²) in [7, 11) is 0. The lowest BCUT2D eigenvalue weighted by Crippen LogP contribution is -2.54. The number of nitrogens with zero attached hydrogens (tertiary/aromatic N) is 4. The number of aromatic nitrogens is 3. The summed E-state index contributed by atoms with van der Waals surface area (Å²) in [5, 5.41) is 6.24. The van der Waals surface area contributed by atoms with Crippen LogP contribution in [0.15, 0.2) is 24.4 Å². The van der Waals surface area contributed by atoms with Crippen LogP contribution in [0.1, 0.15) is 18.4 Å². The van der Waals surface area contributed by atoms with Crippen LogP contribution in [0.5, 0.6) is 0 Å². The number of amides is 2. The van der Waals surface area contributed by atoms with Crippen LogP contribution in [-0.4, -0.2) is 44.8 Å². The Balaban J connectivity index is 1.43. The van der Waals surface area contributed by atoms with E-state index in [0.29, 0.717) is 19.0 Å². The van der Waals surface area contributed by atoms with Crippen molar-refractivity contribution in [3.05, 3.63) is 57.5 Å². The van der Waals surface area contributed by atoms with Gasteiger partial charge in [-0.2, -0.15) is 5.10 Å². The van der Waals surface area contributed by atoms with Gasteiger partial charge < -0.3 is 15.4 Å². The molecule has 0 saturated carbocycles. The first-order valence-electron chi connectivity index (χ1n) is 10.7. The molecule has 0 aliphatic carbocycles. The smallest absolute Gasteiger partial charge is 0.412 e. The van der Waals surface area contributed by atoms with Crippen molar-refractivity contribution in [1.29, 1.82) is 0 Å². The van der Waals surface area contributed by atoms with Crippen LogP contribution in [-0.2, 0) is 21.7 Å². The topological polar surface area (TPSA) is 115 Å². The molecule has 14 heteroatoms. The van der Waals surface area contributed by atoms with Crippen molar-refractivity contribution >= 4 is 46.7 Å². The number of likely N-dealkylation sites (tertiary alicyclic amines) is 1. The van der Waals surface area contributed by atoms with Crippen molar-refractivity contribution in [3.8, 4) is 11.4 Å². The zero-order chi connectivity index (χ0) is 25.8. The first kappa shape index (κ1) is 24.2. The standard InChI is InChI=1S/C22H17Cl2F3N6O3/c23-11-2-3-13-15(17(11)27)22(36-21(35)30-13)4-1-5-32(9-22)14(34)8-33-20(28)16(24)19(31-33)18-12(26)6-10(25)7-29-18/h2-3,6-7H,1,4-5,8-9,28H2,(H,30,35)/t22-/m0/s1. The SMILES string of the molecule is Nc1c(Cl)c(-c2ncc(F)cc2F)nn1CC(=O)N1CCC[C@@]2(C1)OC(=O)Nc1ccc(Cl)c(F)c12. The van der Waals surface area contributed by atoms with Gasteiger partial charge in [0.15, 0.2) is 17.2 Å². The number of pyridine rings is 1. The Hall–Kier alpha value is -3.51. The minimum atomic E-state index is -1.44. The van der Waals surface area contributed by atoms with Gasteiger partial charge in [-0.05, 0) is 25.0 Å². The minimum absolute atomic E-state index is 0.0638. The third-order valence-corrected chi connectivity index (χ3v) is 6.80. The van der Waals surface area contributed by atoms with E-state index in [1.165, 1.54) is 17.0 Å². The van der Waals surface area contributed by atoms with Crippen LogP contribution in [0.4, 0.5) is 29.5 Å². The number of nitrogens with two attached hydrogens (primary N) is 1. The van der Waals surface area contributed by atoms with Crippen molar-refractivity contribution in [3.63, 3.8) is 0 Å². The molecule has 0 bridgehead atoms. The average molecular weight is 541 g/mol. The summed E-state index contributed by atoms with van der Waals surface area (Å²) in [4.78, 5) is 30.5. The van der Waals surface area contributed by atoms with E-state index >= 15 is 4.39 Å². The number of nitrogens with one attached hydrogen (secondary N) is 1. The Bertz CT molecular complexity index is 1420. The van der Waals surface area contributed by atoms with E-state index in [1.807, 2.05) is 0 Å². The molecule has 0 radical (unpaired) electrons. The minimum Gasteiger partial charge on any atom is -0.436 e. The second kappa shape index (κ2) is 8.86. The number of piperidine rings is 1. The summed E-state index contributed by atoms with van der Waals surface area (Å²) < 4.78 is 49.1. The number of fused-ring (bicyclic) bond motifs is 2. The van der Waals surface area contributed by atoms with Crippen molar-refractivity contribution < 1.29 is 27.5 Å². The van der Waals surface area contributed by atoms with Gasteiger partial charge in [0.05, 0.1) is 29.0 Å². The second-order valence-electron chi connectivity index (χ2n) is 8.40. The number of hydrogen-bond acceptors (Lipinski definition) is 6. The highest BCUT2D eigenvalue weighted by molar-refractivity contribution is 6.35. The molecule has 2 aliphatic rings. The number of anilines is 2. The lowest BCUT2D eigenvalue weighted by atomic mass is 9.83. The third kappa shape index (κ3) is 3.99. The maximum Gasteiger partial charge on any atom is 0.412 e. The summed E-state index contributed by atoms with van der Waals surface area (Å²) in [5.41, 5.74) is 4.32. The highest BCUT2D eigenvalue weighted by Crippen LogP contribution is 2.45. The van der Waals surface area contributed by atoms with E-state index in [4.69, 9.17) is 33.7 Å². The summed E-state index contributed by atoms with van der Waals surface area (Å²) in [6.07, 6.45) is 0.686. The van der Waals surface area contributed by atoms with Gasteiger partial charge in [0.25, 0.3) is 0 Å². The van der Waals surface area contributed by atoms with Crippen LogP contribution < -0.4 is 11.1 Å². The Morgan fingerprint density at radius 1 is 1.25 bits per heavy atom. The summed E-state index contributed by atoms with van der Waals surface area (Å²) in [6.45, 7) is -0.250. The Kier molecular flexibility index (Phi) is 5.95. The summed E-state index contributed by atoms with van der Waals surface area (Å²) in [6, 6.07) is 3.41. The highest BCUT2D eigenvalue weighted by atomic mass is 35.5. The average Bonchev–Trinajstić information content (AvgIpc) is 3.09. The van der Waals surface area contributed by atoms with Crippen LogP contribution in [0.2, 0.25) is 10.0 Å². The van der Waals surface area contributed by atoms with E-state index < -0.39 is 41.6 Å². The molecule has 4 heterocycles. The molecule has 188 valence electrons. The molecule has 2 amide bonds. The van der Waals surface area contributed by atoms with E-state index in [0.717, 1.165) is 10.9 Å². The third-order valence-electron chi connectivity index (χ3n) is 6.13. The van der Waals surface area contributed by atoms with E-state index in [-0.39, 0.29) is 51.5 Å². The number of ether oxygens (including phenoxy) is 1. The largest absolute Gasteiger partial charge is 0.436 e. The van der Waals surface area contributed by atoms with Crippen LogP contribution in [0.25, 0.3) is 11.4 Å². The van der Waals surface area contributed by atoms with Crippen LogP contribution in [0.3, 0.4) is 0 Å². The van der Waals surface area contributed by atoms with Crippen molar-refractivity contribution in [2.75, 3.05) is 24.1 Å². The zero-order valence-corrected chi connectivity index (χ0v) is 19.8. The number of benzene rings is 1. The van der Waals surface area contributed by atoms with Gasteiger partial charge in [-0.25, -0.2) is 27.6 Å². The van der Waals surface area contributed by atoms with Crippen molar-refractivity contribution in [2.45, 2.75) is 25.0 Å². The zero-order valence-electron chi connectivity index (χ0n) is 18.3. The normalized spacial score (nSPS) is 19.1. The predicted molar refractivity (Wildman–Crippen MR) is 124 cm³/mol. The van der Waals surface area contributed by atoms with Gasteiger partial charge in [-0.15, -0.1) is 0 Å². The van der Waals surface area contributed by atoms with Gasteiger partial charge in [-0.3, -0.25) is 10.1 Å². The van der Waals surface area contributed by atoms with Gasteiger partial charge in [0.2, 0.25) is 5.91 Å². The molecule has 2 aliphatic heterocycles. The van der Waals surface area contributed by atoms with Crippen molar-refractivity contribution in [2.24, 2.45) is 0 Å². The maximum atomic E-state index is 15.1. The Morgan fingerprint density at radius 3 is 2.78 bits per heavy atom. The molecule has 1 saturated heterocycles. The molecular weight excluding hydrogens is 524 g/mol. The molecule has 3 aromatic rings. The number of rotatable bonds is 3. The molecule has 2 aromatic heterocycles. The molecule has 5 rings (SSSR count). The molecule has 36 heavy (non-hydrogen) atoms. The molecule has 9 nitrogen and oxygen atoms in total. The van der Waals surface area contributed by atoms with Gasteiger partial charge in [-0.1, -0.05) is 23.2 Å². The summed E-state index contributed by atoms with van der Waals surface area (Å²) in [5.74, 6) is -3.25. The quantitative estimate of drug-likeness (QED) is 0.510. The molecule has 1 spiro atoms. The number of hydrogen-bond donors (Lipinski definition) is 2. The number of carbonyl (C=O) groups is 2. The van der Waals surface area contributed by atoms with Gasteiger partial charge in [0.1, 0.15) is 34.6 Å². The van der Waals surface area contributed by atoms with Crippen molar-refractivity contribution in [1.82, 2.24) is 19.7 Å². The number of halogens is 5. The number of carbonyl (C=O) groups excluding carboxylic acids is 2. The fourth-order valence-corrected chi connectivity index (χ4v) is 4.91. The highest BCUT2D eigenvalue weighted by Gasteiger charge is 2.48. The first-order valence-corrected chi connectivity index (χ1v) is 11.4. The van der Waals surface area contributed by atoms with Gasteiger partial charge in [0, 0.05) is 12.6 Å². The molecule has 1 fully saturated rings. The number of nitrogen functional groups attached to an aromatic ring is 1. The van der Waals surface area contributed by atoms with Gasteiger partial charge >= 0.3 is 6.09 Å². The van der Waals surface area contributed by atoms with E-state index in [1.54, 1.807) is 0 Å². The lowest BCUT2D eigenvalue weighted by Gasteiger charge is -2.45. The molecule has 1 atom stereocenters. The van der Waals surface area contributed by atoms with Crippen LogP contribution >= 0.6 is 23.2 Å². The molecule has 0 unspecified atom stereocenters. The lowest BCUT2D eigenvalue weighted by molar-refractivity contribution is -0.140. The van der Waals surface area contributed by atoms with E-state index in [2.05, 4.69) is 15.4 Å². The predicted octanol–water partition coefficient (Wildman–Crippen LogP) is 4.33. The Morgan fingerprint density at radius 2 is 2.03 bits per heavy atom. The molecule has 3 N–H and O–H groups in total. The molecular formula is C22H17Cl2F3N6O3. The maximum absolute atomic E-state index is 15.1. The fourth-order valence-electron chi connectivity index (χ4n) is 4.53. The second-order valence-corrected chi connectivity index (χ2v) is 9.19. The first-order chi connectivity index (χ1) is 17.1. The monoisotopic (exact) mass is 540 g/mol. The van der Waals surface area contributed by atoms with Crippen LogP contribution in [0, 0.1) is 17.5 Å². The van der Waals surface area contributed by atoms with E-state index in [9.17, 15) is 18.4 Å². The summed E-state index contributed by atoms with van der Waals surface area (Å²) >= 11 is 12.2. The fraction of sp³-hybridized carbons (Fsp3) is 0.273.